The molecule has 0 fully saturated rings. The number of hydrogen-bond acceptors (Lipinski definition) is 18. The van der Waals surface area contributed by atoms with Gasteiger partial charge in [-0.05, 0) is 99.7 Å². The van der Waals surface area contributed by atoms with Crippen LogP contribution < -0.4 is 5.73 Å². The molecular weight excluding hydrogens is 1020 g/mol. The van der Waals surface area contributed by atoms with E-state index in [1.165, 1.54) is 62.4 Å². The Balaban J connectivity index is 2.07. The van der Waals surface area contributed by atoms with E-state index in [1.807, 2.05) is 0 Å². The van der Waals surface area contributed by atoms with Crippen LogP contribution in [0.5, 0.6) is 0 Å². The van der Waals surface area contributed by atoms with E-state index in [0.717, 1.165) is 18.2 Å². The molecule has 3 rings (SSSR count). The molecule has 1 aliphatic heterocycles. The standard InChI is InChI=1S/C36H52N2O21P2S5/c1-5-56-60(39,57-17-22-62(41,42)43)21-16-36(4)31-26-29(66(53,54)55)13-14-32(31)38-34(36)10-8-6-7-9-33(37)35(3,30-25-28(65(50,51)52)12-11-27(30)2)15-20-61(40,58-18-23-63(44,45)46)59-19-24-64(47,48)49/h6-14,25-26H,5,15-24,37H2,1-4H3,(H,41,42,43)(H,44,45,46)(H,47,48,49)(H,50,51,52)(H,53,54,55). The molecular formula is C36H52N2O21P2S5. The molecule has 66 heavy (non-hydrogen) atoms. The predicted molar refractivity (Wildman–Crippen MR) is 243 cm³/mol. The Bertz CT molecular complexity index is 2880. The summed E-state index contributed by atoms with van der Waals surface area (Å²) in [7, 11) is -31.7. The number of nitrogens with two attached hydrogens (primary N) is 1. The van der Waals surface area contributed by atoms with Crippen molar-refractivity contribution in [2.24, 2.45) is 10.7 Å². The average molecular weight is 1070 g/mol. The number of aliphatic imine (C=N–C) groups is 1. The first kappa shape index (κ1) is 57.3. The second kappa shape index (κ2) is 22.2. The second-order valence-electron chi connectivity index (χ2n) is 15.1. The van der Waals surface area contributed by atoms with Gasteiger partial charge < -0.3 is 23.8 Å². The van der Waals surface area contributed by atoms with Crippen molar-refractivity contribution in [3.63, 3.8) is 0 Å². The van der Waals surface area contributed by atoms with Crippen molar-refractivity contribution < 1.29 is 92.1 Å². The molecule has 2 aromatic carbocycles. The Kier molecular flexibility index (Phi) is 19.2. The summed E-state index contributed by atoms with van der Waals surface area (Å²) in [5, 5.41) is 0. The van der Waals surface area contributed by atoms with Crippen molar-refractivity contribution in [3.05, 3.63) is 89.2 Å². The van der Waals surface area contributed by atoms with Gasteiger partial charge in [0, 0.05) is 16.5 Å². The number of allylic oxidation sites excluding steroid dienone is 6. The van der Waals surface area contributed by atoms with Crippen LogP contribution in [0.2, 0.25) is 0 Å². The summed E-state index contributed by atoms with van der Waals surface area (Å²) in [6, 6.07) is 7.27. The average Bonchev–Trinajstić information content (AvgIpc) is 3.44. The van der Waals surface area contributed by atoms with Crippen molar-refractivity contribution in [1.29, 1.82) is 0 Å². The van der Waals surface area contributed by atoms with E-state index in [4.69, 9.17) is 28.4 Å². The lowest BCUT2D eigenvalue weighted by Crippen LogP contribution is -2.32. The summed E-state index contributed by atoms with van der Waals surface area (Å²) < 4.78 is 212. The number of fused-ring (bicyclic) bond motifs is 1. The summed E-state index contributed by atoms with van der Waals surface area (Å²) >= 11 is 0. The van der Waals surface area contributed by atoms with Crippen LogP contribution in [0.25, 0.3) is 0 Å². The smallest absolute Gasteiger partial charge is 0.330 e. The van der Waals surface area contributed by atoms with Crippen molar-refractivity contribution in [2.75, 3.05) is 56.0 Å². The van der Waals surface area contributed by atoms with E-state index >= 15 is 0 Å². The monoisotopic (exact) mass is 1070 g/mol. The number of rotatable bonds is 27. The van der Waals surface area contributed by atoms with E-state index in [-0.39, 0.29) is 48.3 Å². The maximum Gasteiger partial charge on any atom is 0.330 e. The fraction of sp³-hybridized carbons (Fsp3) is 0.472. The Morgan fingerprint density at radius 1 is 0.727 bits per heavy atom. The lowest BCUT2D eigenvalue weighted by molar-refractivity contribution is 0.217. The van der Waals surface area contributed by atoms with Crippen LogP contribution in [0, 0.1) is 6.92 Å². The first-order valence-electron chi connectivity index (χ1n) is 19.3. The van der Waals surface area contributed by atoms with Gasteiger partial charge in [-0.3, -0.25) is 36.9 Å². The van der Waals surface area contributed by atoms with Crippen LogP contribution in [0.3, 0.4) is 0 Å². The molecule has 0 saturated heterocycles. The van der Waals surface area contributed by atoms with Crippen LogP contribution in [-0.2, 0) is 88.6 Å². The lowest BCUT2D eigenvalue weighted by Gasteiger charge is -2.34. The van der Waals surface area contributed by atoms with Gasteiger partial charge in [0.05, 0.1) is 77.2 Å². The highest BCUT2D eigenvalue weighted by Gasteiger charge is 2.42. The highest BCUT2D eigenvalue weighted by atomic mass is 32.2. The van der Waals surface area contributed by atoms with E-state index in [1.54, 1.807) is 13.8 Å². The summed E-state index contributed by atoms with van der Waals surface area (Å²) in [6.07, 6.45) is 5.86. The van der Waals surface area contributed by atoms with Crippen LogP contribution in [-0.4, -0.2) is 127 Å². The molecule has 0 spiro atoms. The van der Waals surface area contributed by atoms with E-state index in [0.29, 0.717) is 11.1 Å². The van der Waals surface area contributed by atoms with Gasteiger partial charge in [-0.2, -0.15) is 42.1 Å². The molecule has 0 aliphatic carbocycles. The van der Waals surface area contributed by atoms with Crippen LogP contribution in [0.4, 0.5) is 5.69 Å². The van der Waals surface area contributed by atoms with Gasteiger partial charge >= 0.3 is 15.2 Å². The third kappa shape index (κ3) is 17.2. The Morgan fingerprint density at radius 2 is 1.21 bits per heavy atom. The third-order valence-corrected chi connectivity index (χ3v) is 17.8. The van der Waals surface area contributed by atoms with Gasteiger partial charge in [0.2, 0.25) is 0 Å². The molecule has 0 saturated carbocycles. The van der Waals surface area contributed by atoms with Crippen LogP contribution in [0.15, 0.2) is 87.3 Å². The van der Waals surface area contributed by atoms with Crippen LogP contribution in [0.1, 0.15) is 50.3 Å². The zero-order valence-electron chi connectivity index (χ0n) is 35.9. The number of aryl methyl sites for hydroxylation is 1. The molecule has 1 heterocycles. The van der Waals surface area contributed by atoms with E-state index in [2.05, 4.69) is 4.99 Å². The van der Waals surface area contributed by atoms with E-state index < -0.39 is 130 Å². The summed E-state index contributed by atoms with van der Waals surface area (Å²) in [5.41, 5.74) is 5.34. The first-order valence-corrected chi connectivity index (χ1v) is 30.4. The SMILES string of the molecule is CCOP(=O)(CCC1(C)C(C=CC=CC=C(N)C(C)(CCP(=O)(OCCS(=O)(=O)O)OCCS(=O)(=O)O)c2cc(S(=O)(=O)O)ccc2C)=Nc2ccc(S(=O)(=O)O)cc21)OCCS(=O)(=O)O. The molecule has 372 valence electrons. The minimum atomic E-state index is -4.78. The van der Waals surface area contributed by atoms with Gasteiger partial charge in [-0.1, -0.05) is 24.3 Å². The maximum absolute atomic E-state index is 13.9. The van der Waals surface area contributed by atoms with Gasteiger partial charge in [-0.25, -0.2) is 0 Å². The first-order chi connectivity index (χ1) is 30.0. The molecule has 7 N–H and O–H groups in total. The topological polar surface area (TPSA) is 381 Å². The minimum absolute atomic E-state index is 0.0287. The number of benzene rings is 2. The fourth-order valence-corrected chi connectivity index (χ4v) is 12.4. The second-order valence-corrected chi connectivity index (χ2v) is 27.0. The summed E-state index contributed by atoms with van der Waals surface area (Å²) in [5.74, 6) is -2.93. The third-order valence-electron chi connectivity index (χ3n) is 10.1. The molecule has 0 aromatic heterocycles. The number of nitrogens with zero attached hydrogens (tertiary/aromatic N) is 1. The molecule has 23 nitrogen and oxygen atoms in total. The Hall–Kier alpha value is -3.02. The zero-order chi connectivity index (χ0) is 50.2. The minimum Gasteiger partial charge on any atom is -0.401 e. The van der Waals surface area contributed by atoms with Gasteiger partial charge in [0.1, 0.15) is 0 Å². The molecule has 0 bridgehead atoms. The predicted octanol–water partition coefficient (Wildman–Crippen LogP) is 4.66. The molecule has 0 radical (unpaired) electrons. The van der Waals surface area contributed by atoms with Gasteiger partial charge in [0.15, 0.2) is 0 Å². The van der Waals surface area contributed by atoms with Crippen LogP contribution >= 0.6 is 15.2 Å². The van der Waals surface area contributed by atoms with Crippen molar-refractivity contribution >= 4 is 77.2 Å². The quantitative estimate of drug-likeness (QED) is 0.0402. The Morgan fingerprint density at radius 3 is 1.70 bits per heavy atom. The summed E-state index contributed by atoms with van der Waals surface area (Å²) in [4.78, 5) is 3.62. The summed E-state index contributed by atoms with van der Waals surface area (Å²) in [6.45, 7) is 3.72. The molecule has 2 aromatic rings. The maximum atomic E-state index is 13.9. The Labute approximate surface area is 384 Å². The highest BCUT2D eigenvalue weighted by Crippen LogP contribution is 2.54. The highest BCUT2D eigenvalue weighted by molar-refractivity contribution is 7.86. The molecule has 1 aliphatic rings. The molecule has 0 amide bonds. The molecule has 30 heteroatoms. The van der Waals surface area contributed by atoms with Crippen molar-refractivity contribution in [2.45, 2.75) is 61.2 Å². The van der Waals surface area contributed by atoms with Gasteiger partial charge in [0.25, 0.3) is 50.6 Å². The zero-order valence-corrected chi connectivity index (χ0v) is 41.7. The largest absolute Gasteiger partial charge is 0.401 e. The van der Waals surface area contributed by atoms with E-state index in [9.17, 15) is 69.4 Å². The molecule has 3 unspecified atom stereocenters. The fourth-order valence-electron chi connectivity index (χ4n) is 6.53. The normalized spacial score (nSPS) is 18.6. The van der Waals surface area contributed by atoms with Crippen molar-refractivity contribution in [1.82, 2.24) is 0 Å². The molecule has 3 atom stereocenters. The number of hydrogen-bond donors (Lipinski definition) is 6. The van der Waals surface area contributed by atoms with Crippen molar-refractivity contribution in [3.8, 4) is 0 Å². The lowest BCUT2D eigenvalue weighted by atomic mass is 9.75. The van der Waals surface area contributed by atoms with Gasteiger partial charge in [-0.15, -0.1) is 0 Å².